The lowest BCUT2D eigenvalue weighted by atomic mass is 9.33. The van der Waals surface area contributed by atoms with E-state index in [2.05, 4.69) is 281 Å². The summed E-state index contributed by atoms with van der Waals surface area (Å²) >= 11 is 0. The van der Waals surface area contributed by atoms with Crippen LogP contribution >= 0.6 is 0 Å². The normalized spacial score (nSPS) is 13.6. The summed E-state index contributed by atoms with van der Waals surface area (Å²) in [6, 6.07) is 71.2. The first-order valence-electron chi connectivity index (χ1n) is 26.6. The van der Waals surface area contributed by atoms with Crippen LogP contribution in [0.15, 0.2) is 192 Å². The molecule has 0 spiro atoms. The van der Waals surface area contributed by atoms with Crippen molar-refractivity contribution >= 4 is 79.2 Å². The van der Waals surface area contributed by atoms with Gasteiger partial charge in [-0.05, 0) is 143 Å². The summed E-state index contributed by atoms with van der Waals surface area (Å²) < 4.78 is 6.92. The molecule has 3 heterocycles. The molecule has 0 saturated heterocycles. The first kappa shape index (κ1) is 47.4. The lowest BCUT2D eigenvalue weighted by Crippen LogP contribution is -2.61. The second-order valence-corrected chi connectivity index (χ2v) is 25.1. The van der Waals surface area contributed by atoms with Gasteiger partial charge in [0.2, 0.25) is 0 Å². The molecule has 10 aromatic rings. The van der Waals surface area contributed by atoms with Gasteiger partial charge in [-0.2, -0.15) is 0 Å². The topological polar surface area (TPSA) is 19.6 Å². The van der Waals surface area contributed by atoms with E-state index in [0.29, 0.717) is 0 Å². The number of fused-ring (bicyclic) bond motifs is 7. The van der Waals surface area contributed by atoms with E-state index in [9.17, 15) is 0 Å². The van der Waals surface area contributed by atoms with E-state index in [1.54, 1.807) is 0 Å². The third-order valence-corrected chi connectivity index (χ3v) is 15.8. The van der Waals surface area contributed by atoms with Crippen molar-refractivity contribution in [3.8, 4) is 33.4 Å². The molecule has 74 heavy (non-hydrogen) atoms. The molecular formula is C70H67BN2O. The third-order valence-electron chi connectivity index (χ3n) is 15.8. The number of rotatable bonds is 5. The Morgan fingerprint density at radius 2 is 0.757 bits per heavy atom. The lowest BCUT2D eigenvalue weighted by Gasteiger charge is -2.45. The number of hydrogen-bond acceptors (Lipinski definition) is 3. The molecule has 0 fully saturated rings. The number of anilines is 6. The van der Waals surface area contributed by atoms with Crippen molar-refractivity contribution in [2.45, 2.75) is 105 Å². The Bertz CT molecular complexity index is 3580. The van der Waals surface area contributed by atoms with Crippen LogP contribution in [0.4, 0.5) is 34.1 Å². The van der Waals surface area contributed by atoms with E-state index in [-0.39, 0.29) is 28.4 Å². The maximum atomic E-state index is 6.92. The van der Waals surface area contributed by atoms with Crippen molar-refractivity contribution in [3.05, 3.63) is 210 Å². The minimum Gasteiger partial charge on any atom is -0.455 e. The Labute approximate surface area is 439 Å². The molecule has 0 N–H and O–H groups in total. The van der Waals surface area contributed by atoms with Gasteiger partial charge in [0.25, 0.3) is 6.71 Å². The Hall–Kier alpha value is -7.56. The van der Waals surface area contributed by atoms with Crippen LogP contribution in [0, 0.1) is 0 Å². The van der Waals surface area contributed by atoms with E-state index in [1.807, 2.05) is 0 Å². The van der Waals surface area contributed by atoms with Crippen LogP contribution in [0.1, 0.15) is 105 Å². The Kier molecular flexibility index (Phi) is 10.9. The van der Waals surface area contributed by atoms with Crippen LogP contribution in [0.3, 0.4) is 0 Å². The number of furan rings is 1. The molecule has 0 aliphatic carbocycles. The standard InChI is InChI=1S/C70H67BN2O/c1-67(2,3)49-38-50(68(4,5)6)41-53(40-49)72-60-32-30-46(44-22-15-13-16-23-44)34-58(60)71-59-35-47(45-24-17-14-18-25-45)31-33-61(59)73(54-42-51(69(7,8)9)39-52(43-54)70(10,11)12)63-37-48(36-62(72)65(63)71)55-27-21-28-57-56-26-19-20-29-64(56)74-66(55)57/h13-43H,1-12H3. The smallest absolute Gasteiger partial charge is 0.252 e. The van der Waals surface area contributed by atoms with Crippen molar-refractivity contribution in [2.75, 3.05) is 9.80 Å². The number of hydrogen-bond donors (Lipinski definition) is 0. The number of para-hydroxylation sites is 2. The van der Waals surface area contributed by atoms with E-state index in [1.165, 1.54) is 83.6 Å². The second-order valence-electron chi connectivity index (χ2n) is 25.1. The minimum absolute atomic E-state index is 0.0983. The molecule has 12 rings (SSSR count). The molecule has 0 bridgehead atoms. The molecule has 2 aliphatic rings. The maximum absolute atomic E-state index is 6.92. The van der Waals surface area contributed by atoms with Gasteiger partial charge in [-0.1, -0.05) is 217 Å². The van der Waals surface area contributed by atoms with Crippen molar-refractivity contribution in [3.63, 3.8) is 0 Å². The van der Waals surface area contributed by atoms with Crippen molar-refractivity contribution in [1.29, 1.82) is 0 Å². The Morgan fingerprint density at radius 1 is 0.338 bits per heavy atom. The second kappa shape index (κ2) is 17.0. The fourth-order valence-electron chi connectivity index (χ4n) is 11.5. The molecule has 1 aromatic heterocycles. The predicted molar refractivity (Wildman–Crippen MR) is 319 cm³/mol. The summed E-state index contributed by atoms with van der Waals surface area (Å²) in [5.41, 5.74) is 24.6. The van der Waals surface area contributed by atoms with Crippen molar-refractivity contribution < 1.29 is 4.42 Å². The number of benzene rings is 9. The van der Waals surface area contributed by atoms with Crippen LogP contribution in [-0.4, -0.2) is 6.71 Å². The molecule has 366 valence electrons. The van der Waals surface area contributed by atoms with E-state index >= 15 is 0 Å². The first-order valence-corrected chi connectivity index (χ1v) is 26.6. The van der Waals surface area contributed by atoms with Gasteiger partial charge in [0, 0.05) is 50.5 Å². The van der Waals surface area contributed by atoms with Crippen LogP contribution in [-0.2, 0) is 21.7 Å². The molecule has 0 radical (unpaired) electrons. The summed E-state index contributed by atoms with van der Waals surface area (Å²) in [6.45, 7) is 28.0. The average molecular weight is 963 g/mol. The molecule has 9 aromatic carbocycles. The van der Waals surface area contributed by atoms with E-state index in [4.69, 9.17) is 4.42 Å². The van der Waals surface area contributed by atoms with Gasteiger partial charge in [0.15, 0.2) is 0 Å². The molecule has 0 saturated carbocycles. The van der Waals surface area contributed by atoms with Crippen LogP contribution in [0.25, 0.3) is 55.3 Å². The van der Waals surface area contributed by atoms with Crippen LogP contribution in [0.5, 0.6) is 0 Å². The highest BCUT2D eigenvalue weighted by Gasteiger charge is 2.45. The lowest BCUT2D eigenvalue weighted by molar-refractivity contribution is 0.568. The SMILES string of the molecule is CC(C)(C)c1cc(N2c3ccc(-c4ccccc4)cc3B3c4cc(-c5ccccc5)ccc4N(c4cc(C(C)(C)C)cc(C(C)(C)C)c4)c4cc(-c5cccc6c5oc5ccccc56)cc2c43)cc(C(C)(C)C)c1. The molecule has 0 amide bonds. The Balaban J connectivity index is 1.26. The molecule has 2 aliphatic heterocycles. The van der Waals surface area contributed by atoms with Crippen molar-refractivity contribution in [2.24, 2.45) is 0 Å². The van der Waals surface area contributed by atoms with Crippen LogP contribution in [0.2, 0.25) is 0 Å². The van der Waals surface area contributed by atoms with Crippen molar-refractivity contribution in [1.82, 2.24) is 0 Å². The fraction of sp³-hybridized carbons (Fsp3) is 0.229. The van der Waals surface area contributed by atoms with E-state index in [0.717, 1.165) is 44.4 Å². The Morgan fingerprint density at radius 3 is 1.20 bits per heavy atom. The quantitative estimate of drug-likeness (QED) is 0.160. The van der Waals surface area contributed by atoms with Gasteiger partial charge in [-0.15, -0.1) is 0 Å². The molecular weight excluding hydrogens is 896 g/mol. The highest BCUT2D eigenvalue weighted by molar-refractivity contribution is 7.00. The summed E-state index contributed by atoms with van der Waals surface area (Å²) in [6.07, 6.45) is 0. The van der Waals surface area contributed by atoms with Gasteiger partial charge in [-0.3, -0.25) is 0 Å². The molecule has 4 heteroatoms. The highest BCUT2D eigenvalue weighted by atomic mass is 16.3. The summed E-state index contributed by atoms with van der Waals surface area (Å²) in [4.78, 5) is 5.23. The summed E-state index contributed by atoms with van der Waals surface area (Å²) in [5.74, 6) is 0. The zero-order valence-corrected chi connectivity index (χ0v) is 45.3. The first-order chi connectivity index (χ1) is 35.2. The predicted octanol–water partition coefficient (Wildman–Crippen LogP) is 17.9. The summed E-state index contributed by atoms with van der Waals surface area (Å²) in [5, 5.41) is 2.25. The fourth-order valence-corrected chi connectivity index (χ4v) is 11.5. The largest absolute Gasteiger partial charge is 0.455 e. The molecule has 0 atom stereocenters. The third kappa shape index (κ3) is 8.06. The van der Waals surface area contributed by atoms with Gasteiger partial charge < -0.3 is 14.2 Å². The van der Waals surface area contributed by atoms with Gasteiger partial charge in [0.1, 0.15) is 11.2 Å². The highest BCUT2D eigenvalue weighted by Crippen LogP contribution is 2.50. The maximum Gasteiger partial charge on any atom is 0.252 e. The average Bonchev–Trinajstić information content (AvgIpc) is 3.79. The molecule has 0 unspecified atom stereocenters. The zero-order valence-electron chi connectivity index (χ0n) is 45.3. The number of nitrogens with zero attached hydrogens (tertiary/aromatic N) is 2. The van der Waals surface area contributed by atoms with Crippen LogP contribution < -0.4 is 26.2 Å². The minimum atomic E-state index is -0.110. The van der Waals surface area contributed by atoms with Gasteiger partial charge in [-0.25, -0.2) is 0 Å². The molecule has 3 nitrogen and oxygen atoms in total. The monoisotopic (exact) mass is 963 g/mol. The summed E-state index contributed by atoms with van der Waals surface area (Å²) in [7, 11) is 0. The van der Waals surface area contributed by atoms with E-state index < -0.39 is 0 Å². The van der Waals surface area contributed by atoms with Gasteiger partial charge in [0.05, 0.1) is 0 Å². The zero-order chi connectivity index (χ0) is 51.6. The van der Waals surface area contributed by atoms with Gasteiger partial charge >= 0.3 is 0 Å².